The van der Waals surface area contributed by atoms with Crippen LogP contribution >= 0.6 is 63.1 Å². The Balaban J connectivity index is 3.79. The molecule has 0 fully saturated rings. The predicted octanol–water partition coefficient (Wildman–Crippen LogP) is 1.67. The van der Waals surface area contributed by atoms with E-state index < -0.39 is 5.25 Å². The zero-order chi connectivity index (χ0) is 11.8. The van der Waals surface area contributed by atoms with Crippen molar-refractivity contribution in [1.29, 1.82) is 0 Å². The highest BCUT2D eigenvalue weighted by Gasteiger charge is 2.19. The molecule has 0 rings (SSSR count). The summed E-state index contributed by atoms with van der Waals surface area (Å²) < 4.78 is 5.00. The molecule has 15 heavy (non-hydrogen) atoms. The Morgan fingerprint density at radius 1 is 1.07 bits per heavy atom. The molecule has 0 N–H and O–H groups in total. The van der Waals surface area contributed by atoms with Gasteiger partial charge in [0.05, 0.1) is 0 Å². The molecule has 0 radical (unpaired) electrons. The fourth-order valence-corrected chi connectivity index (χ4v) is 1.79. The van der Waals surface area contributed by atoms with Crippen molar-refractivity contribution in [2.24, 2.45) is 0 Å². The van der Waals surface area contributed by atoms with Crippen LogP contribution in [0, 0.1) is 0 Å². The van der Waals surface area contributed by atoms with Crippen molar-refractivity contribution in [1.82, 2.24) is 0 Å². The molecule has 7 heteroatoms. The second-order valence-electron chi connectivity index (χ2n) is 3.05. The van der Waals surface area contributed by atoms with Gasteiger partial charge in [-0.25, -0.2) is 0 Å². The lowest BCUT2D eigenvalue weighted by Gasteiger charge is -2.15. The molecule has 0 aliphatic rings. The zero-order valence-electron chi connectivity index (χ0n) is 8.11. The predicted molar refractivity (Wildman–Crippen MR) is 81.6 cm³/mol. The summed E-state index contributed by atoms with van der Waals surface area (Å²) >= 11 is 20.6. The van der Waals surface area contributed by atoms with Crippen LogP contribution in [0.1, 0.15) is 6.42 Å². The minimum atomic E-state index is -0.444. The van der Waals surface area contributed by atoms with E-state index in [0.29, 0.717) is 17.9 Å². The number of ether oxygens (including phenoxy) is 1. The lowest BCUT2D eigenvalue weighted by molar-refractivity contribution is -0.142. The molecule has 3 unspecified atom stereocenters. The molecule has 0 bridgehead atoms. The average molecular weight is 305 g/mol. The maximum Gasteiger partial charge on any atom is 0.318 e. The Morgan fingerprint density at radius 2 is 1.60 bits per heavy atom. The van der Waals surface area contributed by atoms with E-state index in [1.807, 2.05) is 0 Å². The maximum absolute atomic E-state index is 11.4. The van der Waals surface area contributed by atoms with Crippen molar-refractivity contribution >= 4 is 69.1 Å². The van der Waals surface area contributed by atoms with Crippen LogP contribution in [0.25, 0.3) is 0 Å². The summed E-state index contributed by atoms with van der Waals surface area (Å²) in [6.45, 7) is 0.265. The number of hydrogen-bond donors (Lipinski definition) is 5. The molecule has 0 aromatic rings. The molecule has 90 valence electrons. The van der Waals surface area contributed by atoms with Crippen LogP contribution < -0.4 is 0 Å². The van der Waals surface area contributed by atoms with Gasteiger partial charge in [-0.1, -0.05) is 0 Å². The van der Waals surface area contributed by atoms with Gasteiger partial charge in [0.1, 0.15) is 11.9 Å². The lowest BCUT2D eigenvalue weighted by Crippen LogP contribution is -2.25. The number of hydrogen-bond acceptors (Lipinski definition) is 7. The van der Waals surface area contributed by atoms with Gasteiger partial charge >= 0.3 is 5.97 Å². The first-order valence-electron chi connectivity index (χ1n) is 4.43. The van der Waals surface area contributed by atoms with E-state index in [2.05, 4.69) is 63.1 Å². The zero-order valence-corrected chi connectivity index (χ0v) is 12.6. The van der Waals surface area contributed by atoms with Gasteiger partial charge in [0, 0.05) is 22.0 Å². The summed E-state index contributed by atoms with van der Waals surface area (Å²) in [6, 6.07) is 0. The van der Waals surface area contributed by atoms with Crippen molar-refractivity contribution in [3.8, 4) is 0 Å². The van der Waals surface area contributed by atoms with Crippen LogP contribution in [0.3, 0.4) is 0 Å². The van der Waals surface area contributed by atoms with Crippen LogP contribution in [0.5, 0.6) is 0 Å². The molecule has 0 spiro atoms. The molecular formula is C8H16O2S5. The van der Waals surface area contributed by atoms with Crippen molar-refractivity contribution in [3.63, 3.8) is 0 Å². The van der Waals surface area contributed by atoms with Gasteiger partial charge in [0.15, 0.2) is 0 Å². The first kappa shape index (κ1) is 16.2. The summed E-state index contributed by atoms with van der Waals surface area (Å²) in [4.78, 5) is 11.4. The Labute approximate surface area is 118 Å². The molecule has 0 amide bonds. The third-order valence-corrected chi connectivity index (χ3v) is 4.21. The van der Waals surface area contributed by atoms with E-state index in [1.54, 1.807) is 0 Å². The second-order valence-corrected chi connectivity index (χ2v) is 5.87. The number of rotatable bonds is 7. The highest BCUT2D eigenvalue weighted by atomic mass is 32.1. The summed E-state index contributed by atoms with van der Waals surface area (Å²) in [5, 5.41) is -0.422. The molecular weight excluding hydrogens is 288 g/mol. The third-order valence-electron chi connectivity index (χ3n) is 1.61. The summed E-state index contributed by atoms with van der Waals surface area (Å²) in [5.41, 5.74) is 0. The van der Waals surface area contributed by atoms with Crippen molar-refractivity contribution in [2.45, 2.75) is 22.2 Å². The van der Waals surface area contributed by atoms with Crippen LogP contribution in [0.4, 0.5) is 0 Å². The van der Waals surface area contributed by atoms with E-state index in [4.69, 9.17) is 4.74 Å². The topological polar surface area (TPSA) is 26.3 Å². The van der Waals surface area contributed by atoms with Gasteiger partial charge in [-0.3, -0.25) is 4.79 Å². The second kappa shape index (κ2) is 9.27. The van der Waals surface area contributed by atoms with Crippen molar-refractivity contribution in [3.05, 3.63) is 0 Å². The molecule has 2 nitrogen and oxygen atoms in total. The fourth-order valence-electron chi connectivity index (χ4n) is 0.756. The largest absolute Gasteiger partial charge is 0.464 e. The first-order valence-corrected chi connectivity index (χ1v) is 7.25. The number of carbonyl (C=O) groups is 1. The fraction of sp³-hybridized carbons (Fsp3) is 0.875. The summed E-state index contributed by atoms with van der Waals surface area (Å²) in [5.74, 6) is 0.846. The van der Waals surface area contributed by atoms with E-state index in [-0.39, 0.29) is 23.1 Å². The van der Waals surface area contributed by atoms with Crippen LogP contribution in [0.2, 0.25) is 0 Å². The highest BCUT2D eigenvalue weighted by molar-refractivity contribution is 7.85. The Morgan fingerprint density at radius 3 is 2.07 bits per heavy atom. The van der Waals surface area contributed by atoms with Gasteiger partial charge in [0.2, 0.25) is 0 Å². The molecule has 0 aliphatic heterocycles. The van der Waals surface area contributed by atoms with Gasteiger partial charge in [-0.2, -0.15) is 63.1 Å². The number of carbonyl (C=O) groups excluding carboxylic acids is 1. The van der Waals surface area contributed by atoms with Gasteiger partial charge in [-0.05, 0) is 6.42 Å². The van der Waals surface area contributed by atoms with Crippen molar-refractivity contribution < 1.29 is 9.53 Å². The third kappa shape index (κ3) is 8.01. The quantitative estimate of drug-likeness (QED) is 0.365. The molecule has 3 atom stereocenters. The highest BCUT2D eigenvalue weighted by Crippen LogP contribution is 2.13. The maximum atomic E-state index is 11.4. The van der Waals surface area contributed by atoms with Gasteiger partial charge in [-0.15, -0.1) is 0 Å². The minimum absolute atomic E-state index is 0.0329. The van der Waals surface area contributed by atoms with Gasteiger partial charge in [0.25, 0.3) is 0 Å². The van der Waals surface area contributed by atoms with Gasteiger partial charge < -0.3 is 4.74 Å². The van der Waals surface area contributed by atoms with Crippen LogP contribution in [-0.2, 0) is 9.53 Å². The Bertz CT molecular complexity index is 190. The van der Waals surface area contributed by atoms with E-state index in [1.165, 1.54) is 0 Å². The van der Waals surface area contributed by atoms with E-state index >= 15 is 0 Å². The number of esters is 1. The Kier molecular flexibility index (Phi) is 10.0. The monoisotopic (exact) mass is 304 g/mol. The molecule has 0 aromatic carbocycles. The van der Waals surface area contributed by atoms with Crippen LogP contribution in [-0.4, -0.2) is 39.8 Å². The van der Waals surface area contributed by atoms with E-state index in [0.717, 1.165) is 0 Å². The standard InChI is InChI=1S/C8H16O2S5/c9-8(10-2-6(14)4-12)7(15)1-5(13)3-11/h5-7,11-15H,1-4H2. The van der Waals surface area contributed by atoms with Crippen LogP contribution in [0.15, 0.2) is 0 Å². The molecule has 0 saturated heterocycles. The van der Waals surface area contributed by atoms with Crippen molar-refractivity contribution in [2.75, 3.05) is 18.1 Å². The normalized spacial score (nSPS) is 16.9. The molecule has 0 heterocycles. The molecule has 0 saturated carbocycles. The summed E-state index contributed by atoms with van der Waals surface area (Å²) in [6.07, 6.45) is 0.548. The lowest BCUT2D eigenvalue weighted by atomic mass is 10.2. The van der Waals surface area contributed by atoms with E-state index in [9.17, 15) is 4.79 Å². The summed E-state index contributed by atoms with van der Waals surface area (Å²) in [7, 11) is 0. The smallest absolute Gasteiger partial charge is 0.318 e. The SMILES string of the molecule is O=C(OCC(S)CS)C(S)CC(S)CS. The minimum Gasteiger partial charge on any atom is -0.464 e. The molecule has 0 aliphatic carbocycles. The Hall–Kier alpha value is 1.22. The number of thiol groups is 5. The molecule has 0 aromatic heterocycles. The first-order chi connectivity index (χ1) is 7.01. The average Bonchev–Trinajstić information content (AvgIpc) is 2.24.